The van der Waals surface area contributed by atoms with Crippen molar-refractivity contribution < 1.29 is 56.0 Å². The van der Waals surface area contributed by atoms with Gasteiger partial charge in [0.2, 0.25) is 0 Å². The average molecular weight is 456 g/mol. The topological polar surface area (TPSA) is 136 Å². The molecule has 1 aliphatic rings. The minimum absolute atomic E-state index is 0.0239. The number of hydrogen-bond donors (Lipinski definition) is 2. The third-order valence-electron chi connectivity index (χ3n) is 4.41. The van der Waals surface area contributed by atoms with Crippen molar-refractivity contribution in [3.63, 3.8) is 0 Å². The maximum absolute atomic E-state index is 12.6. The Labute approximate surface area is 171 Å². The van der Waals surface area contributed by atoms with Crippen LogP contribution in [0, 0.1) is 0 Å². The lowest BCUT2D eigenvalue weighted by atomic mass is 10.1. The molecular formula is C16H19F3N2O8S. The van der Waals surface area contributed by atoms with Crippen LogP contribution in [-0.4, -0.2) is 85.4 Å². The lowest BCUT2D eigenvalue weighted by Gasteiger charge is -2.38. The van der Waals surface area contributed by atoms with E-state index in [1.54, 1.807) is 0 Å². The lowest BCUT2D eigenvalue weighted by Crippen LogP contribution is -2.59. The van der Waals surface area contributed by atoms with Gasteiger partial charge < -0.3 is 19.5 Å². The van der Waals surface area contributed by atoms with Crippen LogP contribution in [0.15, 0.2) is 18.2 Å². The van der Waals surface area contributed by atoms with Gasteiger partial charge in [0.25, 0.3) is 0 Å². The molecule has 168 valence electrons. The van der Waals surface area contributed by atoms with Crippen molar-refractivity contribution >= 4 is 23.2 Å². The summed E-state index contributed by atoms with van der Waals surface area (Å²) in [5.41, 5.74) is -0.118. The standard InChI is InChI=1S/C16H19F3N2O8S/c17-16(18,19)15(25)29-21(5-7-28-8-6-21)4-3-20(30(26)27)10-11-1-2-12(14(23)24)13(22)9-11/h1-2,9H,3-8,10H2,(H2-,22,23,24,26,27). The summed E-state index contributed by atoms with van der Waals surface area (Å²) >= 11 is -2.80. The Balaban J connectivity index is 2.12. The first-order valence-corrected chi connectivity index (χ1v) is 9.61. The number of hydroxylamine groups is 3. The van der Waals surface area contributed by atoms with Gasteiger partial charge in [-0.05, 0) is 17.7 Å². The zero-order valence-corrected chi connectivity index (χ0v) is 16.3. The zero-order chi connectivity index (χ0) is 22.5. The number of carboxylic acid groups (broad SMARTS) is 1. The normalized spacial score (nSPS) is 17.5. The molecule has 1 fully saturated rings. The second-order valence-corrected chi connectivity index (χ2v) is 7.41. The smallest absolute Gasteiger partial charge is 0.497 e. The van der Waals surface area contributed by atoms with Crippen LogP contribution in [0.1, 0.15) is 15.9 Å². The van der Waals surface area contributed by atoms with Crippen LogP contribution < -0.4 is 0 Å². The van der Waals surface area contributed by atoms with E-state index in [1.165, 1.54) is 6.07 Å². The van der Waals surface area contributed by atoms with Gasteiger partial charge in [-0.1, -0.05) is 6.07 Å². The van der Waals surface area contributed by atoms with Crippen molar-refractivity contribution in [2.75, 3.05) is 39.4 Å². The van der Waals surface area contributed by atoms with E-state index >= 15 is 0 Å². The summed E-state index contributed by atoms with van der Waals surface area (Å²) in [6.45, 7) is -0.981. The first kappa shape index (κ1) is 24.0. The number of benzene rings is 1. The molecule has 10 nitrogen and oxygen atoms in total. The molecule has 1 aromatic carbocycles. The fourth-order valence-corrected chi connectivity index (χ4v) is 3.31. The van der Waals surface area contributed by atoms with Crippen LogP contribution >= 0.6 is 0 Å². The minimum Gasteiger partial charge on any atom is -0.760 e. The van der Waals surface area contributed by atoms with Gasteiger partial charge in [-0.25, -0.2) is 13.9 Å². The Morgan fingerprint density at radius 2 is 1.93 bits per heavy atom. The fraction of sp³-hybridized carbons (Fsp3) is 0.500. The molecule has 30 heavy (non-hydrogen) atoms. The zero-order valence-electron chi connectivity index (χ0n) is 15.5. The van der Waals surface area contributed by atoms with E-state index in [0.29, 0.717) is 0 Å². The molecule has 1 atom stereocenters. The lowest BCUT2D eigenvalue weighted by molar-refractivity contribution is -1.09. The highest BCUT2D eigenvalue weighted by molar-refractivity contribution is 7.76. The van der Waals surface area contributed by atoms with E-state index in [0.717, 1.165) is 16.4 Å². The molecule has 0 amide bonds. The molecular weight excluding hydrogens is 437 g/mol. The number of hydrogen-bond acceptors (Lipinski definition) is 7. The largest absolute Gasteiger partial charge is 0.760 e. The third-order valence-corrected chi connectivity index (χ3v) is 5.15. The Bertz CT molecular complexity index is 814. The second kappa shape index (κ2) is 9.70. The first-order chi connectivity index (χ1) is 13.9. The Kier molecular flexibility index (Phi) is 7.76. The highest BCUT2D eigenvalue weighted by Gasteiger charge is 2.48. The van der Waals surface area contributed by atoms with Gasteiger partial charge in [0, 0.05) is 17.8 Å². The van der Waals surface area contributed by atoms with Crippen LogP contribution in [0.4, 0.5) is 13.2 Å². The maximum Gasteiger partial charge on any atom is 0.497 e. The molecule has 2 N–H and O–H groups in total. The third kappa shape index (κ3) is 6.37. The van der Waals surface area contributed by atoms with Gasteiger partial charge in [0.15, 0.2) is 0 Å². The predicted octanol–water partition coefficient (Wildman–Crippen LogP) is 0.554. The summed E-state index contributed by atoms with van der Waals surface area (Å²) in [5.74, 6) is -4.31. The van der Waals surface area contributed by atoms with Crippen molar-refractivity contribution in [3.8, 4) is 5.75 Å². The molecule has 1 aliphatic heterocycles. The van der Waals surface area contributed by atoms with Crippen LogP contribution in [0.25, 0.3) is 0 Å². The van der Waals surface area contributed by atoms with E-state index in [-0.39, 0.29) is 57.1 Å². The highest BCUT2D eigenvalue weighted by atomic mass is 32.2. The van der Waals surface area contributed by atoms with Crippen LogP contribution in [0.3, 0.4) is 0 Å². The number of nitrogens with zero attached hydrogens (tertiary/aromatic N) is 2. The molecule has 2 rings (SSSR count). The second-order valence-electron chi connectivity index (χ2n) is 6.46. The van der Waals surface area contributed by atoms with E-state index < -0.39 is 39.8 Å². The molecule has 0 saturated carbocycles. The number of alkyl halides is 3. The number of ether oxygens (including phenoxy) is 1. The number of carboxylic acids is 1. The summed E-state index contributed by atoms with van der Waals surface area (Å²) in [6.07, 6.45) is -5.20. The van der Waals surface area contributed by atoms with E-state index in [2.05, 4.69) is 4.84 Å². The summed E-state index contributed by atoms with van der Waals surface area (Å²) < 4.78 is 66.2. The molecule has 0 bridgehead atoms. The summed E-state index contributed by atoms with van der Waals surface area (Å²) in [5, 5.41) is 18.6. The van der Waals surface area contributed by atoms with Gasteiger partial charge in [-0.15, -0.1) is 4.65 Å². The number of quaternary nitrogens is 1. The molecule has 0 radical (unpaired) electrons. The van der Waals surface area contributed by atoms with E-state index in [4.69, 9.17) is 9.84 Å². The minimum atomic E-state index is -5.20. The van der Waals surface area contributed by atoms with Crippen molar-refractivity contribution in [1.29, 1.82) is 0 Å². The van der Waals surface area contributed by atoms with Crippen molar-refractivity contribution in [2.24, 2.45) is 0 Å². The summed E-state index contributed by atoms with van der Waals surface area (Å²) in [6, 6.07) is 3.47. The Hall–Kier alpha value is -2.26. The number of aromatic carboxylic acids is 1. The van der Waals surface area contributed by atoms with E-state index in [1.807, 2.05) is 0 Å². The molecule has 1 aromatic rings. The number of halogens is 3. The van der Waals surface area contributed by atoms with Gasteiger partial charge in [-0.3, -0.25) is 9.05 Å². The molecule has 0 aromatic heterocycles. The fourth-order valence-electron chi connectivity index (χ4n) is 2.82. The van der Waals surface area contributed by atoms with Gasteiger partial charge in [0.1, 0.15) is 30.9 Å². The number of phenols is 1. The summed E-state index contributed by atoms with van der Waals surface area (Å²) in [7, 11) is 0. The van der Waals surface area contributed by atoms with Crippen LogP contribution in [0.5, 0.6) is 5.75 Å². The molecule has 1 unspecified atom stereocenters. The van der Waals surface area contributed by atoms with Gasteiger partial charge >= 0.3 is 18.1 Å². The van der Waals surface area contributed by atoms with Crippen molar-refractivity contribution in [2.45, 2.75) is 12.7 Å². The van der Waals surface area contributed by atoms with Crippen molar-refractivity contribution in [1.82, 2.24) is 4.31 Å². The van der Waals surface area contributed by atoms with Crippen molar-refractivity contribution in [3.05, 3.63) is 29.3 Å². The summed E-state index contributed by atoms with van der Waals surface area (Å²) in [4.78, 5) is 26.9. The monoisotopic (exact) mass is 456 g/mol. The highest BCUT2D eigenvalue weighted by Crippen LogP contribution is 2.23. The predicted molar refractivity (Wildman–Crippen MR) is 92.2 cm³/mol. The molecule has 0 spiro atoms. The number of morpholine rings is 1. The number of aromatic hydroxyl groups is 1. The SMILES string of the molecule is O=C(O)c1ccc(CN(CC[N+]2(OC(=O)C(F)(F)F)CCOCC2)S(=O)[O-])cc1O. The number of carbonyl (C=O) groups is 2. The molecule has 14 heteroatoms. The molecule has 1 saturated heterocycles. The average Bonchev–Trinajstić information content (AvgIpc) is 2.64. The first-order valence-electron chi connectivity index (χ1n) is 8.58. The van der Waals surface area contributed by atoms with Crippen LogP contribution in [-0.2, 0) is 32.2 Å². The Morgan fingerprint density at radius 1 is 1.30 bits per heavy atom. The number of rotatable bonds is 8. The molecule has 0 aliphatic carbocycles. The quantitative estimate of drug-likeness (QED) is 0.428. The maximum atomic E-state index is 12.6. The van der Waals surface area contributed by atoms with E-state index in [9.17, 15) is 36.6 Å². The van der Waals surface area contributed by atoms with Crippen LogP contribution in [0.2, 0.25) is 0 Å². The Morgan fingerprint density at radius 3 is 2.43 bits per heavy atom. The van der Waals surface area contributed by atoms with Gasteiger partial charge in [0.05, 0.1) is 19.8 Å². The number of carbonyl (C=O) groups excluding carboxylic acids is 1. The molecule has 1 heterocycles. The van der Waals surface area contributed by atoms with Gasteiger partial charge in [-0.2, -0.15) is 13.2 Å².